The van der Waals surface area contributed by atoms with E-state index in [2.05, 4.69) is 51.8 Å². The van der Waals surface area contributed by atoms with E-state index in [-0.39, 0.29) is 17.5 Å². The van der Waals surface area contributed by atoms with E-state index in [1.165, 1.54) is 0 Å². The van der Waals surface area contributed by atoms with Gasteiger partial charge in [0, 0.05) is 44.1 Å². The first-order valence-corrected chi connectivity index (χ1v) is 17.3. The van der Waals surface area contributed by atoms with E-state index in [4.69, 9.17) is 9.82 Å². The van der Waals surface area contributed by atoms with Crippen molar-refractivity contribution < 1.29 is 9.63 Å². The molecule has 3 aliphatic heterocycles. The molecule has 3 aromatic carbocycles. The minimum absolute atomic E-state index is 0.0163. The number of aromatic amines is 1. The Kier molecular flexibility index (Phi) is 8.09. The molecule has 3 fully saturated rings. The number of hydrogen-bond donors (Lipinski definition) is 1. The molecular weight excluding hydrogens is 604 g/mol. The van der Waals surface area contributed by atoms with Crippen LogP contribution in [0.3, 0.4) is 0 Å². The number of nitrogens with zero attached hydrogens (tertiary/aromatic N) is 7. The molecule has 0 bridgehead atoms. The molecule has 2 aromatic heterocycles. The van der Waals surface area contributed by atoms with Gasteiger partial charge in [-0.15, -0.1) is 10.2 Å². The summed E-state index contributed by atoms with van der Waals surface area (Å²) >= 11 is 0. The molecule has 5 heterocycles. The molecule has 2 atom stereocenters. The van der Waals surface area contributed by atoms with Crippen LogP contribution >= 0.6 is 0 Å². The van der Waals surface area contributed by atoms with E-state index in [0.29, 0.717) is 36.1 Å². The number of hydroxylamine groups is 2. The third kappa shape index (κ3) is 5.40. The summed E-state index contributed by atoms with van der Waals surface area (Å²) in [5.74, 6) is 1.33. The molecule has 0 saturated carbocycles. The van der Waals surface area contributed by atoms with Crippen LogP contribution in [-0.4, -0.2) is 71.7 Å². The third-order valence-corrected chi connectivity index (χ3v) is 10.2. The van der Waals surface area contributed by atoms with Crippen LogP contribution in [0.2, 0.25) is 0 Å². The molecule has 0 aliphatic carbocycles. The van der Waals surface area contributed by atoms with Crippen molar-refractivity contribution in [1.82, 2.24) is 40.1 Å². The number of aromatic nitrogens is 6. The van der Waals surface area contributed by atoms with E-state index in [9.17, 15) is 9.59 Å². The van der Waals surface area contributed by atoms with Crippen molar-refractivity contribution in [1.29, 1.82) is 0 Å². The number of benzene rings is 3. The van der Waals surface area contributed by atoms with E-state index in [1.54, 1.807) is 0 Å². The first-order chi connectivity index (χ1) is 23.5. The average molecular weight is 645 g/mol. The number of nitrogens with one attached hydrogen (secondary N) is 1. The molecule has 8 rings (SSSR count). The van der Waals surface area contributed by atoms with Crippen LogP contribution in [0.1, 0.15) is 68.8 Å². The lowest BCUT2D eigenvalue weighted by Crippen LogP contribution is -2.46. The maximum atomic E-state index is 14.4. The quantitative estimate of drug-likeness (QED) is 0.231. The first kappa shape index (κ1) is 30.6. The maximum Gasteiger partial charge on any atom is 0.261 e. The van der Waals surface area contributed by atoms with Gasteiger partial charge in [-0.25, -0.2) is 4.98 Å². The smallest absolute Gasteiger partial charge is 0.261 e. The molecule has 1 amide bonds. The van der Waals surface area contributed by atoms with Crippen LogP contribution in [0.5, 0.6) is 0 Å². The Morgan fingerprint density at radius 1 is 1.00 bits per heavy atom. The highest BCUT2D eigenvalue weighted by Gasteiger charge is 2.55. The number of tetrazole rings is 1. The maximum absolute atomic E-state index is 14.4. The molecular formula is C37H40N8O3. The molecule has 48 heavy (non-hydrogen) atoms. The van der Waals surface area contributed by atoms with Gasteiger partial charge < -0.3 is 4.90 Å². The number of H-pyrrole nitrogens is 1. The average Bonchev–Trinajstić information content (AvgIpc) is 3.95. The number of fused-ring (bicyclic) bond motifs is 2. The van der Waals surface area contributed by atoms with Crippen LogP contribution in [-0.2, 0) is 28.2 Å². The van der Waals surface area contributed by atoms with Gasteiger partial charge >= 0.3 is 0 Å². The first-order valence-electron chi connectivity index (χ1n) is 17.3. The van der Waals surface area contributed by atoms with Crippen molar-refractivity contribution in [3.8, 4) is 22.5 Å². The molecule has 11 heteroatoms. The highest BCUT2D eigenvalue weighted by atomic mass is 16.7. The second kappa shape index (κ2) is 12.7. The van der Waals surface area contributed by atoms with Crippen LogP contribution in [0.25, 0.3) is 33.4 Å². The zero-order chi connectivity index (χ0) is 32.7. The second-order valence-corrected chi connectivity index (χ2v) is 13.3. The lowest BCUT2D eigenvalue weighted by molar-refractivity contribution is -0.209. The summed E-state index contributed by atoms with van der Waals surface area (Å²) in [5.41, 5.74) is 4.09. The Bertz CT molecular complexity index is 1990. The number of aryl methyl sites for hydroxylation is 1. The standard InChI is InChI=1S/C37H40N8O3/c1-2-3-12-33-38-32-18-17-27(37(36(47)43-19-6-7-20-43)23-28-9-8-21-45(28)48-37)22-31(32)35(46)44(33)24-25-13-15-26(16-14-25)29-10-4-5-11-30(29)34-39-41-42-40-34/h4-5,10-11,13-18,22,28H,2-3,6-9,12,19-21,23-24H2,1H3,(H,39,40,41,42)/t28-,37?/m1/s1. The van der Waals surface area contributed by atoms with E-state index >= 15 is 0 Å². The lowest BCUT2D eigenvalue weighted by Gasteiger charge is -2.32. The van der Waals surface area contributed by atoms with Crippen LogP contribution < -0.4 is 5.56 Å². The highest BCUT2D eigenvalue weighted by Crippen LogP contribution is 2.45. The Balaban J connectivity index is 1.16. The largest absolute Gasteiger partial charge is 0.340 e. The topological polar surface area (TPSA) is 122 Å². The summed E-state index contributed by atoms with van der Waals surface area (Å²) in [6.45, 7) is 4.86. The molecule has 5 aromatic rings. The fourth-order valence-corrected chi connectivity index (χ4v) is 7.68. The van der Waals surface area contributed by atoms with Crippen LogP contribution in [0.4, 0.5) is 0 Å². The summed E-state index contributed by atoms with van der Waals surface area (Å²) in [6.07, 6.45) is 7.33. The Hall–Kier alpha value is -4.74. The predicted octanol–water partition coefficient (Wildman–Crippen LogP) is 5.25. The van der Waals surface area contributed by atoms with E-state index in [0.717, 1.165) is 91.8 Å². The van der Waals surface area contributed by atoms with Gasteiger partial charge in [0.1, 0.15) is 5.82 Å². The molecule has 3 aliphatic rings. The fraction of sp³-hybridized carbons (Fsp3) is 0.405. The number of carbonyl (C=O) groups excluding carboxylic acids is 1. The summed E-state index contributed by atoms with van der Waals surface area (Å²) in [7, 11) is 0. The minimum Gasteiger partial charge on any atom is -0.340 e. The molecule has 0 spiro atoms. The van der Waals surface area contributed by atoms with Gasteiger partial charge in [0.05, 0.1) is 17.4 Å². The summed E-state index contributed by atoms with van der Waals surface area (Å²) < 4.78 is 1.81. The van der Waals surface area contributed by atoms with Crippen molar-refractivity contribution in [2.75, 3.05) is 19.6 Å². The van der Waals surface area contributed by atoms with Crippen molar-refractivity contribution in [2.45, 2.75) is 76.5 Å². The predicted molar refractivity (Wildman–Crippen MR) is 182 cm³/mol. The Morgan fingerprint density at radius 2 is 1.81 bits per heavy atom. The number of rotatable bonds is 9. The normalized spacial score (nSPS) is 20.9. The molecule has 1 unspecified atom stereocenters. The fourth-order valence-electron chi connectivity index (χ4n) is 7.68. The van der Waals surface area contributed by atoms with Gasteiger partial charge in [-0.05, 0) is 71.7 Å². The number of carbonyl (C=O) groups is 1. The Labute approximate surface area is 278 Å². The summed E-state index contributed by atoms with van der Waals surface area (Å²) in [4.78, 5) is 42.2. The van der Waals surface area contributed by atoms with E-state index in [1.807, 2.05) is 57.0 Å². The Morgan fingerprint density at radius 3 is 2.56 bits per heavy atom. The number of amides is 1. The number of hydrogen-bond acceptors (Lipinski definition) is 8. The van der Waals surface area contributed by atoms with Gasteiger partial charge in [-0.3, -0.25) is 19.0 Å². The lowest BCUT2D eigenvalue weighted by atomic mass is 9.85. The number of likely N-dealkylation sites (tertiary alicyclic amines) is 1. The second-order valence-electron chi connectivity index (χ2n) is 13.3. The van der Waals surface area contributed by atoms with Crippen molar-refractivity contribution in [2.24, 2.45) is 0 Å². The third-order valence-electron chi connectivity index (χ3n) is 10.2. The van der Waals surface area contributed by atoms with Crippen LogP contribution in [0, 0.1) is 0 Å². The molecule has 11 nitrogen and oxygen atoms in total. The zero-order valence-corrected chi connectivity index (χ0v) is 27.3. The molecule has 0 radical (unpaired) electrons. The van der Waals surface area contributed by atoms with Crippen molar-refractivity contribution in [3.05, 3.63) is 94.0 Å². The number of unbranched alkanes of at least 4 members (excludes halogenated alkanes) is 1. The summed E-state index contributed by atoms with van der Waals surface area (Å²) in [6, 6.07) is 22.2. The van der Waals surface area contributed by atoms with Crippen molar-refractivity contribution in [3.63, 3.8) is 0 Å². The molecule has 246 valence electrons. The molecule has 1 N–H and O–H groups in total. The molecule has 3 saturated heterocycles. The van der Waals surface area contributed by atoms with E-state index < -0.39 is 5.60 Å². The highest BCUT2D eigenvalue weighted by molar-refractivity contribution is 5.89. The van der Waals surface area contributed by atoms with Crippen LogP contribution in [0.15, 0.2) is 71.5 Å². The van der Waals surface area contributed by atoms with Gasteiger partial charge in [0.15, 0.2) is 5.60 Å². The van der Waals surface area contributed by atoms with Gasteiger partial charge in [0.2, 0.25) is 5.82 Å². The van der Waals surface area contributed by atoms with Crippen molar-refractivity contribution >= 4 is 16.8 Å². The van der Waals surface area contributed by atoms with Gasteiger partial charge in [-0.1, -0.05) is 67.9 Å². The monoisotopic (exact) mass is 644 g/mol. The minimum atomic E-state index is -1.12. The SMILES string of the molecule is CCCCc1nc2ccc(C3(C(=O)N4CCCC4)C[C@H]4CCCN4O3)cc2c(=O)n1Cc1ccc(-c2ccccc2-c2nn[nH]n2)cc1. The summed E-state index contributed by atoms with van der Waals surface area (Å²) in [5, 5.41) is 17.1. The van der Waals surface area contributed by atoms with Gasteiger partial charge in [-0.2, -0.15) is 10.3 Å². The van der Waals surface area contributed by atoms with Gasteiger partial charge in [0.25, 0.3) is 11.5 Å². The zero-order valence-electron chi connectivity index (χ0n) is 27.3.